The number of carbonyl (C=O) groups excluding carboxylic acids is 2. The van der Waals surface area contributed by atoms with Gasteiger partial charge in [0.1, 0.15) is 0 Å². The number of nitrogens with zero attached hydrogens (tertiary/aromatic N) is 1. The number of rotatable bonds is 12. The molecule has 0 unspecified atom stereocenters. The number of amides is 1. The maximum Gasteiger partial charge on any atom is 0.460 e. The normalized spacial score (nSPS) is 14.9. The van der Waals surface area contributed by atoms with Crippen molar-refractivity contribution < 1.29 is 76.3 Å². The summed E-state index contributed by atoms with van der Waals surface area (Å²) < 4.78 is 168. The monoisotopic (exact) mass is 520 g/mol. The van der Waals surface area contributed by atoms with Crippen molar-refractivity contribution in [2.24, 2.45) is 0 Å². The lowest BCUT2D eigenvalue weighted by atomic mass is 9.93. The highest BCUT2D eigenvalue weighted by atomic mass is 19.4. The smallest absolute Gasteiger partial charge is 0.460 e. The number of hydrogen-bond acceptors (Lipinski definition) is 3. The average Bonchev–Trinajstić information content (AvgIpc) is 2.61. The minimum atomic E-state index is -8.08. The fraction of sp³-hybridized carbons (Fsp3) is 0.867. The van der Waals surface area contributed by atoms with Gasteiger partial charge in [0.25, 0.3) is 5.91 Å². The maximum absolute atomic E-state index is 13.6. The molecular weight excluding hydrogens is 503 g/mol. The first-order chi connectivity index (χ1) is 14.3. The zero-order valence-corrected chi connectivity index (χ0v) is 16.6. The molecule has 0 rings (SSSR count). The Morgan fingerprint density at radius 2 is 1.15 bits per heavy atom. The third kappa shape index (κ3) is 5.92. The van der Waals surface area contributed by atoms with E-state index >= 15 is 0 Å². The van der Waals surface area contributed by atoms with Crippen LogP contribution in [0.3, 0.4) is 0 Å². The summed E-state index contributed by atoms with van der Waals surface area (Å²) in [6.07, 6.45) is -8.38. The number of quaternary nitrogens is 1. The van der Waals surface area contributed by atoms with Gasteiger partial charge in [-0.3, -0.25) is 4.79 Å². The molecular formula is C15H17F13N2O3. The lowest BCUT2D eigenvalue weighted by molar-refractivity contribution is -0.890. The fourth-order valence-electron chi connectivity index (χ4n) is 2.24. The van der Waals surface area contributed by atoms with Gasteiger partial charge in [-0.2, -0.15) is 57.1 Å². The molecule has 0 fully saturated rings. The topological polar surface area (TPSA) is 69.2 Å². The van der Waals surface area contributed by atoms with Crippen LogP contribution in [-0.2, 0) is 9.59 Å². The predicted octanol–water partition coefficient (Wildman–Crippen LogP) is 2.45. The summed E-state index contributed by atoms with van der Waals surface area (Å²) in [7, 11) is 2.80. The second-order valence-corrected chi connectivity index (χ2v) is 7.48. The SMILES string of the molecule is C[N+](C)(CCCNC(=O)C(F)(F)C(F)(F)C(F)(F)C(F)(F)C(F)(F)C(F)(F)F)CCC(=O)[O-]. The molecule has 0 saturated carbocycles. The van der Waals surface area contributed by atoms with Gasteiger partial charge in [-0.25, -0.2) is 0 Å². The van der Waals surface area contributed by atoms with E-state index in [9.17, 15) is 71.8 Å². The summed E-state index contributed by atoms with van der Waals surface area (Å²) in [5, 5.41) is 11.3. The van der Waals surface area contributed by atoms with Crippen LogP contribution in [0.4, 0.5) is 57.1 Å². The highest BCUT2D eigenvalue weighted by Gasteiger charge is 2.91. The van der Waals surface area contributed by atoms with Crippen molar-refractivity contribution in [1.29, 1.82) is 0 Å². The Morgan fingerprint density at radius 1 is 0.727 bits per heavy atom. The summed E-state index contributed by atoms with van der Waals surface area (Å²) in [4.78, 5) is 21.6. The van der Waals surface area contributed by atoms with E-state index in [1.54, 1.807) is 0 Å². The lowest BCUT2D eigenvalue weighted by Gasteiger charge is -2.39. The van der Waals surface area contributed by atoms with Crippen LogP contribution >= 0.6 is 0 Å². The van der Waals surface area contributed by atoms with Crippen molar-refractivity contribution in [1.82, 2.24) is 5.32 Å². The van der Waals surface area contributed by atoms with Gasteiger partial charge in [-0.1, -0.05) is 0 Å². The van der Waals surface area contributed by atoms with Gasteiger partial charge < -0.3 is 19.7 Å². The van der Waals surface area contributed by atoms with E-state index in [1.807, 2.05) is 0 Å². The van der Waals surface area contributed by atoms with E-state index < -0.39 is 60.6 Å². The summed E-state index contributed by atoms with van der Waals surface area (Å²) in [6.45, 7) is -1.20. The van der Waals surface area contributed by atoms with Crippen LogP contribution in [0.5, 0.6) is 0 Å². The van der Waals surface area contributed by atoms with Gasteiger partial charge in [0, 0.05) is 25.4 Å². The van der Waals surface area contributed by atoms with Gasteiger partial charge in [0.15, 0.2) is 0 Å². The van der Waals surface area contributed by atoms with E-state index in [-0.39, 0.29) is 24.0 Å². The molecule has 0 atom stereocenters. The third-order valence-electron chi connectivity index (χ3n) is 4.37. The number of carbonyl (C=O) groups is 2. The molecule has 0 saturated heterocycles. The van der Waals surface area contributed by atoms with Crippen molar-refractivity contribution in [2.75, 3.05) is 33.7 Å². The molecule has 0 heterocycles. The first kappa shape index (κ1) is 31.0. The molecule has 5 nitrogen and oxygen atoms in total. The molecule has 0 aromatic carbocycles. The third-order valence-corrected chi connectivity index (χ3v) is 4.37. The zero-order chi connectivity index (χ0) is 26.9. The van der Waals surface area contributed by atoms with Crippen LogP contribution < -0.4 is 10.4 Å². The van der Waals surface area contributed by atoms with E-state index in [0.29, 0.717) is 0 Å². The van der Waals surface area contributed by atoms with E-state index in [0.717, 1.165) is 5.32 Å². The van der Waals surface area contributed by atoms with Crippen molar-refractivity contribution in [3.63, 3.8) is 0 Å². The first-order valence-electron chi connectivity index (χ1n) is 8.55. The summed E-state index contributed by atoms with van der Waals surface area (Å²) in [6, 6.07) is 0. The fourth-order valence-corrected chi connectivity index (χ4v) is 2.24. The van der Waals surface area contributed by atoms with Gasteiger partial charge in [0.2, 0.25) is 0 Å². The molecule has 0 radical (unpaired) electrons. The van der Waals surface area contributed by atoms with Crippen LogP contribution in [0, 0.1) is 0 Å². The van der Waals surface area contributed by atoms with Gasteiger partial charge in [-0.15, -0.1) is 0 Å². The predicted molar refractivity (Wildman–Crippen MR) is 79.9 cm³/mol. The Hall–Kier alpha value is -2.01. The summed E-state index contributed by atoms with van der Waals surface area (Å²) in [5.74, 6) is -43.3. The Kier molecular flexibility index (Phi) is 8.76. The molecule has 0 spiro atoms. The quantitative estimate of drug-likeness (QED) is 0.244. The van der Waals surface area contributed by atoms with Gasteiger partial charge in [-0.05, 0) is 0 Å². The molecule has 1 N–H and O–H groups in total. The Morgan fingerprint density at radius 3 is 1.55 bits per heavy atom. The molecule has 0 aromatic rings. The standard InChI is InChI=1S/C15H17F13N2O3/c1-30(2,7-4-8(31)32)6-3-5-29-9(33)10(16,17)11(18,19)12(20,21)13(22,23)14(24,25)15(26,27)28/h3-7H2,1-2H3,(H-,29,31,32,33). The maximum atomic E-state index is 13.6. The average molecular weight is 520 g/mol. The Labute approximate surface area is 177 Å². The molecule has 196 valence electrons. The first-order valence-corrected chi connectivity index (χ1v) is 8.55. The number of carboxylic acids is 1. The van der Waals surface area contributed by atoms with Crippen molar-refractivity contribution in [2.45, 2.75) is 48.6 Å². The molecule has 0 aliphatic rings. The van der Waals surface area contributed by atoms with E-state index in [4.69, 9.17) is 0 Å². The van der Waals surface area contributed by atoms with Crippen LogP contribution in [0.15, 0.2) is 0 Å². The number of nitrogens with one attached hydrogen (secondary N) is 1. The number of halogens is 13. The van der Waals surface area contributed by atoms with Gasteiger partial charge in [0.05, 0.1) is 27.2 Å². The number of alkyl halides is 13. The second kappa shape index (κ2) is 9.32. The molecule has 0 aliphatic carbocycles. The minimum absolute atomic E-state index is 0.0841. The molecule has 18 heteroatoms. The van der Waals surface area contributed by atoms with Crippen LogP contribution in [0.1, 0.15) is 12.8 Å². The molecule has 1 amide bonds. The highest BCUT2D eigenvalue weighted by Crippen LogP contribution is 2.60. The van der Waals surface area contributed by atoms with E-state index in [2.05, 4.69) is 0 Å². The van der Waals surface area contributed by atoms with Crippen molar-refractivity contribution in [3.05, 3.63) is 0 Å². The number of hydrogen-bond donors (Lipinski definition) is 1. The highest BCUT2D eigenvalue weighted by molar-refractivity contribution is 5.84. The summed E-state index contributed by atoms with van der Waals surface area (Å²) in [5.41, 5.74) is 0. The Balaban J connectivity index is 5.52. The van der Waals surface area contributed by atoms with Gasteiger partial charge >= 0.3 is 35.8 Å². The largest absolute Gasteiger partial charge is 0.550 e. The summed E-state index contributed by atoms with van der Waals surface area (Å²) >= 11 is 0. The number of aliphatic carboxylic acids is 1. The second-order valence-electron chi connectivity index (χ2n) is 7.48. The van der Waals surface area contributed by atoms with Crippen LogP contribution in [0.2, 0.25) is 0 Å². The van der Waals surface area contributed by atoms with Crippen molar-refractivity contribution >= 4 is 11.9 Å². The molecule has 0 aromatic heterocycles. The lowest BCUT2D eigenvalue weighted by Crippen LogP contribution is -2.72. The molecule has 33 heavy (non-hydrogen) atoms. The molecule has 0 bridgehead atoms. The van der Waals surface area contributed by atoms with Crippen LogP contribution in [-0.4, -0.2) is 85.9 Å². The minimum Gasteiger partial charge on any atom is -0.550 e. The van der Waals surface area contributed by atoms with E-state index in [1.165, 1.54) is 14.1 Å². The zero-order valence-electron chi connectivity index (χ0n) is 16.6. The molecule has 0 aliphatic heterocycles. The van der Waals surface area contributed by atoms with Crippen molar-refractivity contribution in [3.8, 4) is 0 Å². The van der Waals surface area contributed by atoms with Crippen LogP contribution in [0.25, 0.3) is 0 Å². The number of carboxylic acid groups (broad SMARTS) is 1. The Bertz CT molecular complexity index is 720.